The highest BCUT2D eigenvalue weighted by atomic mass is 16.3. The van der Waals surface area contributed by atoms with Crippen molar-refractivity contribution in [3.63, 3.8) is 0 Å². The average molecular weight is 444 g/mol. The molecule has 32 heavy (non-hydrogen) atoms. The van der Waals surface area contributed by atoms with E-state index >= 15 is 0 Å². The van der Waals surface area contributed by atoms with Gasteiger partial charge in [-0.05, 0) is 39.1 Å². The summed E-state index contributed by atoms with van der Waals surface area (Å²) < 4.78 is 0. The van der Waals surface area contributed by atoms with E-state index in [1.54, 1.807) is 0 Å². The minimum Gasteiger partial charge on any atom is -0.508 e. The number of aliphatic hydroxyl groups excluding tert-OH is 2. The highest BCUT2D eigenvalue weighted by Gasteiger charge is 2.66. The molecule has 0 spiro atoms. The summed E-state index contributed by atoms with van der Waals surface area (Å²) in [5.41, 5.74) is -0.548. The van der Waals surface area contributed by atoms with Crippen LogP contribution in [0, 0.1) is 11.8 Å². The van der Waals surface area contributed by atoms with Gasteiger partial charge < -0.3 is 31.3 Å². The molecule has 0 aliphatic heterocycles. The Labute approximate surface area is 182 Å². The van der Waals surface area contributed by atoms with Gasteiger partial charge in [-0.25, -0.2) is 0 Å². The van der Waals surface area contributed by atoms with E-state index in [9.17, 15) is 39.9 Å². The van der Waals surface area contributed by atoms with Gasteiger partial charge in [-0.1, -0.05) is 12.1 Å². The molecule has 1 unspecified atom stereocenters. The number of amides is 1. The maximum Gasteiger partial charge on any atom is 0.255 e. The van der Waals surface area contributed by atoms with E-state index in [1.807, 2.05) is 0 Å². The molecule has 170 valence electrons. The van der Waals surface area contributed by atoms with Gasteiger partial charge in [-0.2, -0.15) is 0 Å². The van der Waals surface area contributed by atoms with E-state index in [0.717, 1.165) is 0 Å². The number of primary amides is 1. The molecule has 4 rings (SSSR count). The molecule has 1 amide bonds. The third-order valence-corrected chi connectivity index (χ3v) is 7.02. The highest BCUT2D eigenvalue weighted by Crippen LogP contribution is 2.57. The molecule has 10 nitrogen and oxygen atoms in total. The van der Waals surface area contributed by atoms with Crippen LogP contribution in [-0.4, -0.2) is 73.6 Å². The number of hydrogen-bond acceptors (Lipinski definition) is 9. The van der Waals surface area contributed by atoms with Gasteiger partial charge in [0.25, 0.3) is 5.91 Å². The van der Waals surface area contributed by atoms with Gasteiger partial charge in [0.1, 0.15) is 22.8 Å². The molecule has 1 fully saturated rings. The van der Waals surface area contributed by atoms with Crippen LogP contribution >= 0.6 is 0 Å². The third-order valence-electron chi connectivity index (χ3n) is 7.02. The Morgan fingerprint density at radius 2 is 1.78 bits per heavy atom. The Bertz CT molecular complexity index is 1150. The molecule has 0 saturated heterocycles. The van der Waals surface area contributed by atoms with Crippen molar-refractivity contribution in [1.82, 2.24) is 4.90 Å². The quantitative estimate of drug-likeness (QED) is 0.332. The molecule has 7 N–H and O–H groups in total. The number of fused-ring (bicyclic) bond motifs is 3. The van der Waals surface area contributed by atoms with E-state index in [2.05, 4.69) is 0 Å². The first-order valence-electron chi connectivity index (χ1n) is 9.97. The number of nitrogens with zero attached hydrogens (tertiary/aromatic N) is 1. The van der Waals surface area contributed by atoms with Gasteiger partial charge in [0.15, 0.2) is 11.4 Å². The van der Waals surface area contributed by atoms with Crippen LogP contribution in [0.2, 0.25) is 0 Å². The molecule has 3 aliphatic carbocycles. The molecule has 0 aromatic heterocycles. The fourth-order valence-corrected chi connectivity index (χ4v) is 5.50. The van der Waals surface area contributed by atoms with Gasteiger partial charge in [0.2, 0.25) is 5.78 Å². The lowest BCUT2D eigenvalue weighted by molar-refractivity contribution is -0.159. The lowest BCUT2D eigenvalue weighted by Crippen LogP contribution is -2.67. The molecule has 1 aromatic carbocycles. The minimum atomic E-state index is -2.75. The summed E-state index contributed by atoms with van der Waals surface area (Å²) >= 11 is 0. The first-order valence-corrected chi connectivity index (χ1v) is 9.97. The zero-order chi connectivity index (χ0) is 23.9. The van der Waals surface area contributed by atoms with Gasteiger partial charge >= 0.3 is 0 Å². The summed E-state index contributed by atoms with van der Waals surface area (Å²) in [7, 11) is 3.01. The van der Waals surface area contributed by atoms with Crippen LogP contribution in [0.5, 0.6) is 5.75 Å². The second-order valence-electron chi connectivity index (χ2n) is 8.96. The average Bonchev–Trinajstić information content (AvgIpc) is 2.68. The molecule has 0 heterocycles. The summed E-state index contributed by atoms with van der Waals surface area (Å²) in [6, 6.07) is 3.02. The molecule has 0 radical (unpaired) electrons. The summed E-state index contributed by atoms with van der Waals surface area (Å²) in [6.07, 6.45) is -0.200. The third kappa shape index (κ3) is 2.48. The number of aromatic hydroxyl groups is 1. The second-order valence-corrected chi connectivity index (χ2v) is 8.96. The largest absolute Gasteiger partial charge is 0.508 e. The Balaban J connectivity index is 2.05. The maximum absolute atomic E-state index is 13.7. The molecule has 1 aromatic rings. The van der Waals surface area contributed by atoms with Crippen molar-refractivity contribution in [2.75, 3.05) is 14.1 Å². The van der Waals surface area contributed by atoms with Crippen molar-refractivity contribution in [2.45, 2.75) is 30.6 Å². The van der Waals surface area contributed by atoms with Crippen LogP contribution in [-0.2, 0) is 20.0 Å². The van der Waals surface area contributed by atoms with Gasteiger partial charge in [0.05, 0.1) is 17.2 Å². The summed E-state index contributed by atoms with van der Waals surface area (Å²) in [5, 5.41) is 54.9. The second kappa shape index (κ2) is 6.64. The molecule has 5 atom stereocenters. The molecular formula is C22H24N2O8. The summed E-state index contributed by atoms with van der Waals surface area (Å²) in [5.74, 6) is -7.90. The number of Topliss-reactive ketones (excluding diaryl/α,β-unsaturated/α-hetero) is 2. The van der Waals surface area contributed by atoms with Gasteiger partial charge in [-0.15, -0.1) is 0 Å². The van der Waals surface area contributed by atoms with Crippen LogP contribution < -0.4 is 5.73 Å². The van der Waals surface area contributed by atoms with Crippen LogP contribution in [0.4, 0.5) is 0 Å². The zero-order valence-corrected chi connectivity index (χ0v) is 17.7. The Morgan fingerprint density at radius 1 is 1.16 bits per heavy atom. The Hall–Kier alpha value is -3.21. The van der Waals surface area contributed by atoms with E-state index in [-0.39, 0.29) is 17.5 Å². The number of rotatable bonds is 2. The SMILES string of the molecule is CN(C)C1C(=O)C(C(N)=O)=C(O)[C@@]2(O)C(=O)C3=C(O)c4c(O)cccc4[C@@](C)(O)[C@@H]3C[C@@H]12. The lowest BCUT2D eigenvalue weighted by Gasteiger charge is -2.53. The Kier molecular flexibility index (Phi) is 4.57. The summed E-state index contributed by atoms with van der Waals surface area (Å²) in [4.78, 5) is 40.0. The number of phenolic OH excluding ortho intramolecular Hbond substituents is 1. The number of nitrogens with two attached hydrogens (primary N) is 1. The van der Waals surface area contributed by atoms with Crippen LogP contribution in [0.3, 0.4) is 0 Å². The fraction of sp³-hybridized carbons (Fsp3) is 0.409. The van der Waals surface area contributed by atoms with Crippen LogP contribution in [0.1, 0.15) is 24.5 Å². The summed E-state index contributed by atoms with van der Waals surface area (Å²) in [6.45, 7) is 1.40. The van der Waals surface area contributed by atoms with Crippen molar-refractivity contribution in [3.8, 4) is 5.75 Å². The number of phenols is 1. The first-order chi connectivity index (χ1) is 14.8. The van der Waals surface area contributed by atoms with Crippen molar-refractivity contribution < 1.29 is 39.9 Å². The molecule has 3 aliphatic rings. The van der Waals surface area contributed by atoms with Crippen molar-refractivity contribution in [2.24, 2.45) is 17.6 Å². The van der Waals surface area contributed by atoms with Crippen LogP contribution in [0.25, 0.3) is 5.76 Å². The van der Waals surface area contributed by atoms with E-state index < -0.39 is 75.0 Å². The standard InChI is InChI=1S/C22H24N2O8/c1-21(31)8-5-4-6-11(25)12(8)16(26)13-9(21)7-10-15(24(2)3)17(27)14(20(23)30)19(29)22(10,32)18(13)28/h4-6,9-10,15,25-26,29,31-32H,7H2,1-3H3,(H2,23,30)/t9-,10+,15?,21-,22+/m1/s1. The number of carbonyl (C=O) groups is 3. The van der Waals surface area contributed by atoms with E-state index in [4.69, 9.17) is 5.73 Å². The van der Waals surface area contributed by atoms with E-state index in [1.165, 1.54) is 44.1 Å². The molecule has 1 saturated carbocycles. The van der Waals surface area contributed by atoms with E-state index in [0.29, 0.717) is 0 Å². The van der Waals surface area contributed by atoms with Gasteiger partial charge in [-0.3, -0.25) is 19.3 Å². The topological polar surface area (TPSA) is 182 Å². The molecule has 0 bridgehead atoms. The fourth-order valence-electron chi connectivity index (χ4n) is 5.50. The van der Waals surface area contributed by atoms with Crippen molar-refractivity contribution >= 4 is 23.2 Å². The first kappa shape index (κ1) is 22.0. The van der Waals surface area contributed by atoms with Crippen molar-refractivity contribution in [3.05, 3.63) is 46.2 Å². The zero-order valence-electron chi connectivity index (χ0n) is 17.7. The number of carbonyl (C=O) groups excluding carboxylic acids is 3. The number of aliphatic hydroxyl groups is 4. The lowest BCUT2D eigenvalue weighted by atomic mass is 9.54. The Morgan fingerprint density at radius 3 is 2.34 bits per heavy atom. The minimum absolute atomic E-state index is 0.170. The number of benzene rings is 1. The highest BCUT2D eigenvalue weighted by molar-refractivity contribution is 6.24. The van der Waals surface area contributed by atoms with Crippen LogP contribution in [0.15, 0.2) is 35.1 Å². The number of hydrogen-bond donors (Lipinski definition) is 6. The van der Waals surface area contributed by atoms with Gasteiger partial charge in [0, 0.05) is 17.4 Å². The monoisotopic (exact) mass is 444 g/mol. The number of likely N-dealkylation sites (N-methyl/N-ethyl adjacent to an activating group) is 1. The molecule has 10 heteroatoms. The number of ketones is 2. The predicted molar refractivity (Wildman–Crippen MR) is 110 cm³/mol. The van der Waals surface area contributed by atoms with Crippen molar-refractivity contribution in [1.29, 1.82) is 0 Å². The predicted octanol–water partition coefficient (Wildman–Crippen LogP) is -0.371. The maximum atomic E-state index is 13.7. The molecular weight excluding hydrogens is 420 g/mol. The normalized spacial score (nSPS) is 34.4. The smallest absolute Gasteiger partial charge is 0.255 e.